The van der Waals surface area contributed by atoms with Crippen molar-refractivity contribution >= 4 is 29.1 Å². The molecule has 4 heteroatoms. The Bertz CT molecular complexity index is 283. The Balaban J connectivity index is 1.92. The molecule has 1 saturated heterocycles. The first-order chi connectivity index (χ1) is 6.84. The van der Waals surface area contributed by atoms with E-state index >= 15 is 0 Å². The summed E-state index contributed by atoms with van der Waals surface area (Å²) in [5.74, 6) is 2.53. The SMILES string of the molecule is Clc1ccc(NC2CCSCC2)cn1. The molecule has 14 heavy (non-hydrogen) atoms. The van der Waals surface area contributed by atoms with Gasteiger partial charge in [0.2, 0.25) is 0 Å². The summed E-state index contributed by atoms with van der Waals surface area (Å²) in [6.07, 6.45) is 4.28. The number of hydrogen-bond acceptors (Lipinski definition) is 3. The predicted molar refractivity (Wildman–Crippen MR) is 63.2 cm³/mol. The van der Waals surface area contributed by atoms with Crippen molar-refractivity contribution in [3.8, 4) is 0 Å². The van der Waals surface area contributed by atoms with E-state index < -0.39 is 0 Å². The average Bonchev–Trinajstić information content (AvgIpc) is 2.23. The third-order valence-corrected chi connectivity index (χ3v) is 3.59. The van der Waals surface area contributed by atoms with E-state index in [4.69, 9.17) is 11.6 Å². The second kappa shape index (κ2) is 4.89. The molecule has 0 saturated carbocycles. The van der Waals surface area contributed by atoms with E-state index in [-0.39, 0.29) is 0 Å². The van der Waals surface area contributed by atoms with Gasteiger partial charge in [0.15, 0.2) is 0 Å². The van der Waals surface area contributed by atoms with Crippen LogP contribution in [-0.4, -0.2) is 22.5 Å². The van der Waals surface area contributed by atoms with Gasteiger partial charge in [-0.3, -0.25) is 0 Å². The van der Waals surface area contributed by atoms with Crippen molar-refractivity contribution < 1.29 is 0 Å². The smallest absolute Gasteiger partial charge is 0.129 e. The highest BCUT2D eigenvalue weighted by atomic mass is 35.5. The Morgan fingerprint density at radius 1 is 1.36 bits per heavy atom. The van der Waals surface area contributed by atoms with E-state index in [9.17, 15) is 0 Å². The van der Waals surface area contributed by atoms with Gasteiger partial charge in [0.1, 0.15) is 5.15 Å². The number of nitrogens with zero attached hydrogens (tertiary/aromatic N) is 1. The monoisotopic (exact) mass is 228 g/mol. The highest BCUT2D eigenvalue weighted by molar-refractivity contribution is 7.99. The van der Waals surface area contributed by atoms with E-state index in [0.717, 1.165) is 5.69 Å². The number of aromatic nitrogens is 1. The summed E-state index contributed by atoms with van der Waals surface area (Å²) < 4.78 is 0. The van der Waals surface area contributed by atoms with Gasteiger partial charge in [-0.1, -0.05) is 11.6 Å². The van der Waals surface area contributed by atoms with Crippen LogP contribution in [-0.2, 0) is 0 Å². The second-order valence-electron chi connectivity index (χ2n) is 3.40. The van der Waals surface area contributed by atoms with E-state index in [0.29, 0.717) is 11.2 Å². The Morgan fingerprint density at radius 2 is 2.14 bits per heavy atom. The lowest BCUT2D eigenvalue weighted by molar-refractivity contribution is 0.666. The minimum absolute atomic E-state index is 0.551. The summed E-state index contributed by atoms with van der Waals surface area (Å²) in [4.78, 5) is 4.04. The first kappa shape index (κ1) is 10.1. The molecule has 0 unspecified atom stereocenters. The van der Waals surface area contributed by atoms with Gasteiger partial charge in [-0.25, -0.2) is 4.98 Å². The summed E-state index contributed by atoms with van der Waals surface area (Å²) in [5.41, 5.74) is 1.08. The Hall–Kier alpha value is -0.410. The Labute approximate surface area is 93.4 Å². The summed E-state index contributed by atoms with van der Waals surface area (Å²) >= 11 is 7.75. The predicted octanol–water partition coefficient (Wildman–Crippen LogP) is 3.04. The van der Waals surface area contributed by atoms with Crippen molar-refractivity contribution in [2.45, 2.75) is 18.9 Å². The summed E-state index contributed by atoms with van der Waals surface area (Å²) in [5, 5.41) is 4.02. The van der Waals surface area contributed by atoms with E-state index in [1.807, 2.05) is 23.9 Å². The molecule has 0 radical (unpaired) electrons. The molecule has 0 aliphatic carbocycles. The minimum Gasteiger partial charge on any atom is -0.381 e. The van der Waals surface area contributed by atoms with Gasteiger partial charge in [-0.15, -0.1) is 0 Å². The molecule has 1 aromatic heterocycles. The van der Waals surface area contributed by atoms with E-state index in [2.05, 4.69) is 10.3 Å². The van der Waals surface area contributed by atoms with Crippen molar-refractivity contribution in [3.05, 3.63) is 23.5 Å². The molecule has 1 aromatic rings. The molecule has 0 aromatic carbocycles. The molecule has 1 N–H and O–H groups in total. The number of halogens is 1. The van der Waals surface area contributed by atoms with E-state index in [1.165, 1.54) is 24.3 Å². The van der Waals surface area contributed by atoms with Crippen molar-refractivity contribution in [1.29, 1.82) is 0 Å². The third kappa shape index (κ3) is 2.79. The normalized spacial score (nSPS) is 18.1. The van der Waals surface area contributed by atoms with Gasteiger partial charge in [0, 0.05) is 6.04 Å². The molecule has 0 atom stereocenters. The maximum Gasteiger partial charge on any atom is 0.129 e. The van der Waals surface area contributed by atoms with Crippen molar-refractivity contribution in [3.63, 3.8) is 0 Å². The third-order valence-electron chi connectivity index (χ3n) is 2.32. The maximum absolute atomic E-state index is 5.71. The average molecular weight is 229 g/mol. The van der Waals surface area contributed by atoms with Crippen LogP contribution < -0.4 is 5.32 Å². The van der Waals surface area contributed by atoms with Crippen LogP contribution in [0, 0.1) is 0 Å². The number of hydrogen-bond donors (Lipinski definition) is 1. The molecule has 2 rings (SSSR count). The first-order valence-electron chi connectivity index (χ1n) is 4.80. The van der Waals surface area contributed by atoms with Crippen molar-refractivity contribution in [2.75, 3.05) is 16.8 Å². The summed E-state index contributed by atoms with van der Waals surface area (Å²) in [6.45, 7) is 0. The van der Waals surface area contributed by atoms with Crippen LogP contribution in [0.1, 0.15) is 12.8 Å². The lowest BCUT2D eigenvalue weighted by Crippen LogP contribution is -2.24. The molecule has 0 spiro atoms. The zero-order valence-corrected chi connectivity index (χ0v) is 9.44. The fraction of sp³-hybridized carbons (Fsp3) is 0.500. The molecule has 2 nitrogen and oxygen atoms in total. The largest absolute Gasteiger partial charge is 0.381 e. The highest BCUT2D eigenvalue weighted by Gasteiger charge is 2.12. The molecule has 76 valence electrons. The van der Waals surface area contributed by atoms with Crippen LogP contribution in [0.4, 0.5) is 5.69 Å². The summed E-state index contributed by atoms with van der Waals surface area (Å²) in [7, 11) is 0. The van der Waals surface area contributed by atoms with Gasteiger partial charge in [0.25, 0.3) is 0 Å². The van der Waals surface area contributed by atoms with Gasteiger partial charge >= 0.3 is 0 Å². The highest BCUT2D eigenvalue weighted by Crippen LogP contribution is 2.20. The number of thioether (sulfide) groups is 1. The topological polar surface area (TPSA) is 24.9 Å². The van der Waals surface area contributed by atoms with Gasteiger partial charge in [0.05, 0.1) is 11.9 Å². The van der Waals surface area contributed by atoms with Crippen molar-refractivity contribution in [1.82, 2.24) is 4.98 Å². The van der Waals surface area contributed by atoms with Gasteiger partial charge in [-0.2, -0.15) is 11.8 Å². The molecule has 1 aliphatic rings. The maximum atomic E-state index is 5.71. The standard InChI is InChI=1S/C10H13ClN2S/c11-10-2-1-9(7-12-10)13-8-3-5-14-6-4-8/h1-2,7-8,13H,3-6H2. The zero-order valence-electron chi connectivity index (χ0n) is 7.87. The Morgan fingerprint density at radius 3 is 2.79 bits per heavy atom. The quantitative estimate of drug-likeness (QED) is 0.788. The Kier molecular flexibility index (Phi) is 3.54. The number of nitrogens with one attached hydrogen (secondary N) is 1. The van der Waals surface area contributed by atoms with Crippen molar-refractivity contribution in [2.24, 2.45) is 0 Å². The van der Waals surface area contributed by atoms with Gasteiger partial charge < -0.3 is 5.32 Å². The lowest BCUT2D eigenvalue weighted by Gasteiger charge is -2.23. The zero-order chi connectivity index (χ0) is 9.80. The molecule has 2 heterocycles. The van der Waals surface area contributed by atoms with E-state index in [1.54, 1.807) is 6.20 Å². The number of pyridine rings is 1. The first-order valence-corrected chi connectivity index (χ1v) is 6.34. The van der Waals surface area contributed by atoms with Crippen LogP contribution in [0.2, 0.25) is 5.15 Å². The van der Waals surface area contributed by atoms with Crippen LogP contribution in [0.5, 0.6) is 0 Å². The minimum atomic E-state index is 0.551. The molecular weight excluding hydrogens is 216 g/mol. The lowest BCUT2D eigenvalue weighted by atomic mass is 10.1. The van der Waals surface area contributed by atoms with Crippen LogP contribution in [0.15, 0.2) is 18.3 Å². The molecular formula is C10H13ClN2S. The number of anilines is 1. The van der Waals surface area contributed by atoms with Crippen LogP contribution in [0.25, 0.3) is 0 Å². The number of rotatable bonds is 2. The van der Waals surface area contributed by atoms with Crippen LogP contribution >= 0.6 is 23.4 Å². The molecule has 1 fully saturated rings. The molecule has 0 bridgehead atoms. The fourth-order valence-corrected chi connectivity index (χ4v) is 2.76. The molecule has 1 aliphatic heterocycles. The second-order valence-corrected chi connectivity index (χ2v) is 5.01. The summed E-state index contributed by atoms with van der Waals surface area (Å²) in [6, 6.07) is 4.41. The fourth-order valence-electron chi connectivity index (χ4n) is 1.54. The van der Waals surface area contributed by atoms with Gasteiger partial charge in [-0.05, 0) is 36.5 Å². The van der Waals surface area contributed by atoms with Crippen LogP contribution in [0.3, 0.4) is 0 Å². The molecule has 0 amide bonds.